The fourth-order valence-electron chi connectivity index (χ4n) is 1.81. The summed E-state index contributed by atoms with van der Waals surface area (Å²) in [7, 11) is -1.53. The summed E-state index contributed by atoms with van der Waals surface area (Å²) < 4.78 is 26.6. The molecular formula is C12H18N2O2S. The maximum absolute atomic E-state index is 11.9. The Morgan fingerprint density at radius 3 is 2.35 bits per heavy atom. The minimum atomic E-state index is -3.33. The standard InChI is InChI=1S/C12H18N2O2S/c1-13-11-5-7-12(8-6-11)17(15,16)14-9-10-3-2-4-10/h5-8,10,13-14H,2-4,9H2,1H3. The van der Waals surface area contributed by atoms with Crippen LogP contribution in [0.25, 0.3) is 0 Å². The third-order valence-electron chi connectivity index (χ3n) is 3.24. The molecule has 1 aliphatic carbocycles. The lowest BCUT2D eigenvalue weighted by atomic mass is 9.86. The molecule has 0 aromatic heterocycles. The first-order valence-corrected chi connectivity index (χ1v) is 7.37. The number of anilines is 1. The zero-order chi connectivity index (χ0) is 12.3. The van der Waals surface area contributed by atoms with Gasteiger partial charge in [-0.2, -0.15) is 0 Å². The maximum Gasteiger partial charge on any atom is 0.240 e. The van der Waals surface area contributed by atoms with E-state index in [-0.39, 0.29) is 0 Å². The highest BCUT2D eigenvalue weighted by atomic mass is 32.2. The second-order valence-electron chi connectivity index (χ2n) is 4.42. The van der Waals surface area contributed by atoms with E-state index in [0.29, 0.717) is 17.4 Å². The molecule has 1 fully saturated rings. The SMILES string of the molecule is CNc1ccc(S(=O)(=O)NCC2CCC2)cc1. The lowest BCUT2D eigenvalue weighted by Crippen LogP contribution is -2.32. The Balaban J connectivity index is 2.02. The number of hydrogen-bond donors (Lipinski definition) is 2. The van der Waals surface area contributed by atoms with E-state index in [1.807, 2.05) is 0 Å². The monoisotopic (exact) mass is 254 g/mol. The summed E-state index contributed by atoms with van der Waals surface area (Å²) >= 11 is 0. The van der Waals surface area contributed by atoms with Gasteiger partial charge in [-0.05, 0) is 43.0 Å². The van der Waals surface area contributed by atoms with Crippen LogP contribution in [0.15, 0.2) is 29.2 Å². The smallest absolute Gasteiger partial charge is 0.240 e. The second kappa shape index (κ2) is 5.06. The van der Waals surface area contributed by atoms with E-state index in [9.17, 15) is 8.42 Å². The van der Waals surface area contributed by atoms with Crippen molar-refractivity contribution in [1.29, 1.82) is 0 Å². The van der Waals surface area contributed by atoms with Crippen molar-refractivity contribution in [3.63, 3.8) is 0 Å². The van der Waals surface area contributed by atoms with E-state index in [2.05, 4.69) is 10.0 Å². The van der Waals surface area contributed by atoms with Crippen LogP contribution in [0.1, 0.15) is 19.3 Å². The van der Waals surface area contributed by atoms with Gasteiger partial charge in [-0.3, -0.25) is 0 Å². The summed E-state index contributed by atoms with van der Waals surface area (Å²) in [4.78, 5) is 0.329. The van der Waals surface area contributed by atoms with Crippen LogP contribution in [0.4, 0.5) is 5.69 Å². The maximum atomic E-state index is 11.9. The number of hydrogen-bond acceptors (Lipinski definition) is 3. The van der Waals surface area contributed by atoms with Gasteiger partial charge in [-0.15, -0.1) is 0 Å². The molecule has 1 aromatic rings. The van der Waals surface area contributed by atoms with Crippen molar-refractivity contribution < 1.29 is 8.42 Å². The first kappa shape index (κ1) is 12.4. The molecule has 2 N–H and O–H groups in total. The van der Waals surface area contributed by atoms with Crippen molar-refractivity contribution in [2.24, 2.45) is 5.92 Å². The molecule has 0 unspecified atom stereocenters. The Bertz CT molecular complexity index is 464. The van der Waals surface area contributed by atoms with Crippen molar-refractivity contribution >= 4 is 15.7 Å². The van der Waals surface area contributed by atoms with Gasteiger partial charge in [-0.1, -0.05) is 6.42 Å². The lowest BCUT2D eigenvalue weighted by molar-refractivity contribution is 0.316. The Morgan fingerprint density at radius 2 is 1.88 bits per heavy atom. The number of nitrogens with one attached hydrogen (secondary N) is 2. The van der Waals surface area contributed by atoms with Gasteiger partial charge >= 0.3 is 0 Å². The molecule has 0 saturated heterocycles. The van der Waals surface area contributed by atoms with Gasteiger partial charge in [0.2, 0.25) is 10.0 Å². The summed E-state index contributed by atoms with van der Waals surface area (Å²) in [5, 5.41) is 2.96. The van der Waals surface area contributed by atoms with Crippen molar-refractivity contribution in [2.75, 3.05) is 18.9 Å². The molecular weight excluding hydrogens is 236 g/mol. The predicted octanol–water partition coefficient (Wildman–Crippen LogP) is 1.81. The third kappa shape index (κ3) is 2.98. The molecule has 4 nitrogen and oxygen atoms in total. The molecule has 5 heteroatoms. The van der Waals surface area contributed by atoms with Crippen LogP contribution in [0.2, 0.25) is 0 Å². The number of rotatable bonds is 5. The van der Waals surface area contributed by atoms with Gasteiger partial charge in [0.05, 0.1) is 4.90 Å². The molecule has 17 heavy (non-hydrogen) atoms. The molecule has 0 spiro atoms. The Hall–Kier alpha value is -1.07. The molecule has 0 radical (unpaired) electrons. The zero-order valence-corrected chi connectivity index (χ0v) is 10.8. The quantitative estimate of drug-likeness (QED) is 0.842. The molecule has 0 atom stereocenters. The van der Waals surface area contributed by atoms with Gasteiger partial charge in [-0.25, -0.2) is 13.1 Å². The molecule has 0 bridgehead atoms. The fourth-order valence-corrected chi connectivity index (χ4v) is 2.92. The third-order valence-corrected chi connectivity index (χ3v) is 4.68. The highest BCUT2D eigenvalue weighted by Crippen LogP contribution is 2.25. The van der Waals surface area contributed by atoms with Crippen LogP contribution >= 0.6 is 0 Å². The van der Waals surface area contributed by atoms with Crippen molar-refractivity contribution in [1.82, 2.24) is 4.72 Å². The molecule has 1 aliphatic rings. The van der Waals surface area contributed by atoms with Gasteiger partial charge in [0.1, 0.15) is 0 Å². The van der Waals surface area contributed by atoms with E-state index in [1.165, 1.54) is 6.42 Å². The van der Waals surface area contributed by atoms with Crippen LogP contribution in [-0.2, 0) is 10.0 Å². The lowest BCUT2D eigenvalue weighted by Gasteiger charge is -2.25. The average molecular weight is 254 g/mol. The zero-order valence-electron chi connectivity index (χ0n) is 9.94. The molecule has 0 amide bonds. The van der Waals surface area contributed by atoms with Crippen LogP contribution < -0.4 is 10.0 Å². The predicted molar refractivity (Wildman–Crippen MR) is 68.5 cm³/mol. The van der Waals surface area contributed by atoms with Crippen LogP contribution in [0.5, 0.6) is 0 Å². The van der Waals surface area contributed by atoms with Crippen molar-refractivity contribution in [3.8, 4) is 0 Å². The largest absolute Gasteiger partial charge is 0.388 e. The summed E-state index contributed by atoms with van der Waals surface area (Å²) in [6.07, 6.45) is 3.51. The van der Waals surface area contributed by atoms with Gasteiger partial charge < -0.3 is 5.32 Å². The molecule has 0 heterocycles. The second-order valence-corrected chi connectivity index (χ2v) is 6.19. The summed E-state index contributed by atoms with van der Waals surface area (Å²) in [5.74, 6) is 0.529. The summed E-state index contributed by atoms with van der Waals surface area (Å²) in [6.45, 7) is 0.566. The van der Waals surface area contributed by atoms with Crippen LogP contribution in [0, 0.1) is 5.92 Å². The highest BCUT2D eigenvalue weighted by molar-refractivity contribution is 7.89. The molecule has 1 aromatic carbocycles. The first-order chi connectivity index (χ1) is 8.12. The van der Waals surface area contributed by atoms with E-state index in [1.54, 1.807) is 31.3 Å². The topological polar surface area (TPSA) is 58.2 Å². The molecule has 94 valence electrons. The summed E-state index contributed by atoms with van der Waals surface area (Å²) in [5.41, 5.74) is 0.906. The van der Waals surface area contributed by atoms with E-state index >= 15 is 0 Å². The van der Waals surface area contributed by atoms with Gasteiger partial charge in [0.15, 0.2) is 0 Å². The number of benzene rings is 1. The van der Waals surface area contributed by atoms with Gasteiger partial charge in [0, 0.05) is 19.3 Å². The minimum absolute atomic E-state index is 0.329. The highest BCUT2D eigenvalue weighted by Gasteiger charge is 2.21. The first-order valence-electron chi connectivity index (χ1n) is 5.89. The molecule has 2 rings (SSSR count). The summed E-state index contributed by atoms with van der Waals surface area (Å²) in [6, 6.07) is 6.76. The van der Waals surface area contributed by atoms with Crippen molar-refractivity contribution in [3.05, 3.63) is 24.3 Å². The average Bonchev–Trinajstić information content (AvgIpc) is 2.27. The molecule has 1 saturated carbocycles. The van der Waals surface area contributed by atoms with Crippen LogP contribution in [-0.4, -0.2) is 22.0 Å². The van der Waals surface area contributed by atoms with Crippen LogP contribution in [0.3, 0.4) is 0 Å². The fraction of sp³-hybridized carbons (Fsp3) is 0.500. The molecule has 0 aliphatic heterocycles. The van der Waals surface area contributed by atoms with E-state index < -0.39 is 10.0 Å². The van der Waals surface area contributed by atoms with E-state index in [4.69, 9.17) is 0 Å². The van der Waals surface area contributed by atoms with Gasteiger partial charge in [0.25, 0.3) is 0 Å². The normalized spacial score (nSPS) is 16.5. The Kier molecular flexibility index (Phi) is 3.69. The van der Waals surface area contributed by atoms with Crippen molar-refractivity contribution in [2.45, 2.75) is 24.2 Å². The van der Waals surface area contributed by atoms with E-state index in [0.717, 1.165) is 18.5 Å². The Morgan fingerprint density at radius 1 is 1.24 bits per heavy atom. The number of sulfonamides is 1. The minimum Gasteiger partial charge on any atom is -0.388 e. The Labute approximate surface area is 102 Å².